The van der Waals surface area contributed by atoms with E-state index < -0.39 is 18.2 Å². The van der Waals surface area contributed by atoms with E-state index in [2.05, 4.69) is 27.9 Å². The molecule has 0 radical (unpaired) electrons. The van der Waals surface area contributed by atoms with Crippen molar-refractivity contribution >= 4 is 34.4 Å². The molecule has 2 aliphatic carbocycles. The van der Waals surface area contributed by atoms with Crippen LogP contribution in [-0.4, -0.2) is 78.1 Å². The maximum Gasteiger partial charge on any atom is 0.247 e. The van der Waals surface area contributed by atoms with Crippen molar-refractivity contribution in [1.82, 2.24) is 10.2 Å². The summed E-state index contributed by atoms with van der Waals surface area (Å²) in [4.78, 5) is 27.8. The molecule has 1 aromatic rings. The molecule has 1 saturated carbocycles. The lowest BCUT2D eigenvalue weighted by Gasteiger charge is -2.43. The highest BCUT2D eigenvalue weighted by molar-refractivity contribution is 14.1. The summed E-state index contributed by atoms with van der Waals surface area (Å²) in [6.07, 6.45) is 4.10. The molecule has 182 valence electrons. The number of nitrogens with zero attached hydrogens (tertiary/aromatic N) is 1. The number of rotatable bonds is 10. The summed E-state index contributed by atoms with van der Waals surface area (Å²) in [7, 11) is 1.56. The Hall–Kier alpha value is -1.69. The average molecular weight is 572 g/mol. The van der Waals surface area contributed by atoms with E-state index in [1.54, 1.807) is 18.1 Å². The second-order valence-corrected chi connectivity index (χ2v) is 9.59. The standard InChI is InChI=1S/C24H33IN2O6/c1-32-13-10-22(29)27(17-6-2-3-7-17)19-14-16(24(31)26-11-12-28)15-21(23(19)30)33-20-9-5-4-8-18(20)25/h4-5,8-9,15,17,19,21,23,28,30H,2-3,6-7,10-14H2,1H3,(H,26,31)/t19-,21+,23+/m1/s1. The number of ether oxygens (including phenoxy) is 2. The van der Waals surface area contributed by atoms with Crippen molar-refractivity contribution in [2.45, 2.75) is 62.8 Å². The molecule has 1 aromatic carbocycles. The number of nitrogens with one attached hydrogen (secondary N) is 1. The average Bonchev–Trinajstić information content (AvgIpc) is 3.34. The summed E-state index contributed by atoms with van der Waals surface area (Å²) in [6.45, 7) is 0.258. The van der Waals surface area contributed by atoms with E-state index in [0.717, 1.165) is 29.3 Å². The first kappa shape index (κ1) is 25.9. The van der Waals surface area contributed by atoms with Crippen LogP contribution in [-0.2, 0) is 14.3 Å². The van der Waals surface area contributed by atoms with Gasteiger partial charge in [0.2, 0.25) is 11.8 Å². The number of hydrogen-bond donors (Lipinski definition) is 3. The van der Waals surface area contributed by atoms with E-state index in [1.165, 1.54) is 0 Å². The molecule has 2 amide bonds. The second kappa shape index (κ2) is 12.7. The van der Waals surface area contributed by atoms with E-state index in [4.69, 9.17) is 14.6 Å². The highest BCUT2D eigenvalue weighted by Gasteiger charge is 2.43. The van der Waals surface area contributed by atoms with Crippen LogP contribution in [0.3, 0.4) is 0 Å². The molecule has 0 bridgehead atoms. The molecule has 3 atom stereocenters. The zero-order valence-electron chi connectivity index (χ0n) is 18.9. The van der Waals surface area contributed by atoms with Crippen LogP contribution < -0.4 is 10.1 Å². The first-order valence-electron chi connectivity index (χ1n) is 11.4. The number of carbonyl (C=O) groups excluding carboxylic acids is 2. The zero-order chi connectivity index (χ0) is 23.8. The number of aliphatic hydroxyl groups excluding tert-OH is 2. The quantitative estimate of drug-likeness (QED) is 0.371. The lowest BCUT2D eigenvalue weighted by molar-refractivity contribution is -0.143. The van der Waals surface area contributed by atoms with E-state index in [0.29, 0.717) is 17.9 Å². The fraction of sp³-hybridized carbons (Fsp3) is 0.583. The summed E-state index contributed by atoms with van der Waals surface area (Å²) in [5.41, 5.74) is 0.442. The number of aliphatic hydroxyl groups is 2. The summed E-state index contributed by atoms with van der Waals surface area (Å²) < 4.78 is 12.2. The summed E-state index contributed by atoms with van der Waals surface area (Å²) >= 11 is 2.16. The van der Waals surface area contributed by atoms with Gasteiger partial charge >= 0.3 is 0 Å². The molecule has 9 heteroatoms. The minimum absolute atomic E-state index is 0.0198. The third-order valence-electron chi connectivity index (χ3n) is 6.20. The van der Waals surface area contributed by atoms with Gasteiger partial charge in [0.05, 0.1) is 29.2 Å². The van der Waals surface area contributed by atoms with Crippen LogP contribution in [0.4, 0.5) is 0 Å². The minimum Gasteiger partial charge on any atom is -0.482 e. The molecule has 0 aliphatic heterocycles. The number of halogens is 1. The van der Waals surface area contributed by atoms with Gasteiger partial charge in [-0.3, -0.25) is 9.59 Å². The molecule has 1 fully saturated rings. The number of hydrogen-bond acceptors (Lipinski definition) is 6. The summed E-state index contributed by atoms with van der Waals surface area (Å²) in [6, 6.07) is 6.89. The highest BCUT2D eigenvalue weighted by atomic mass is 127. The third-order valence-corrected chi connectivity index (χ3v) is 7.09. The van der Waals surface area contributed by atoms with Crippen molar-refractivity contribution in [3.63, 3.8) is 0 Å². The van der Waals surface area contributed by atoms with E-state index in [-0.39, 0.29) is 43.8 Å². The van der Waals surface area contributed by atoms with Gasteiger partial charge < -0.3 is 29.9 Å². The van der Waals surface area contributed by atoms with Gasteiger partial charge in [-0.2, -0.15) is 0 Å². The smallest absolute Gasteiger partial charge is 0.247 e. The van der Waals surface area contributed by atoms with Crippen LogP contribution in [0.1, 0.15) is 38.5 Å². The van der Waals surface area contributed by atoms with Crippen LogP contribution in [0.15, 0.2) is 35.9 Å². The van der Waals surface area contributed by atoms with Gasteiger partial charge in [0, 0.05) is 31.7 Å². The van der Waals surface area contributed by atoms with Crippen molar-refractivity contribution in [2.24, 2.45) is 0 Å². The summed E-state index contributed by atoms with van der Waals surface area (Å²) in [5.74, 6) is 0.193. The minimum atomic E-state index is -0.998. The van der Waals surface area contributed by atoms with Gasteiger partial charge in [-0.25, -0.2) is 0 Å². The Morgan fingerprint density at radius 3 is 2.64 bits per heavy atom. The molecule has 0 heterocycles. The van der Waals surface area contributed by atoms with Crippen LogP contribution in [0, 0.1) is 3.57 Å². The lowest BCUT2D eigenvalue weighted by atomic mass is 9.87. The van der Waals surface area contributed by atoms with Crippen molar-refractivity contribution in [3.05, 3.63) is 39.5 Å². The van der Waals surface area contributed by atoms with Crippen LogP contribution >= 0.6 is 22.6 Å². The first-order valence-corrected chi connectivity index (χ1v) is 12.5. The molecule has 3 N–H and O–H groups in total. The predicted molar refractivity (Wildman–Crippen MR) is 132 cm³/mol. The number of amides is 2. The van der Waals surface area contributed by atoms with E-state index in [9.17, 15) is 14.7 Å². The van der Waals surface area contributed by atoms with Crippen LogP contribution in [0.25, 0.3) is 0 Å². The first-order chi connectivity index (χ1) is 16.0. The number of benzene rings is 1. The van der Waals surface area contributed by atoms with Gasteiger partial charge in [-0.15, -0.1) is 0 Å². The second-order valence-electron chi connectivity index (χ2n) is 8.43. The molecular weight excluding hydrogens is 539 g/mol. The molecule has 33 heavy (non-hydrogen) atoms. The molecule has 0 saturated heterocycles. The monoisotopic (exact) mass is 572 g/mol. The van der Waals surface area contributed by atoms with E-state index >= 15 is 0 Å². The lowest BCUT2D eigenvalue weighted by Crippen LogP contribution is -2.57. The van der Waals surface area contributed by atoms with Crippen LogP contribution in [0.2, 0.25) is 0 Å². The molecule has 0 aromatic heterocycles. The predicted octanol–water partition coefficient (Wildman–Crippen LogP) is 2.01. The Morgan fingerprint density at radius 2 is 1.97 bits per heavy atom. The number of methoxy groups -OCH3 is 1. The Kier molecular flexibility index (Phi) is 9.96. The zero-order valence-corrected chi connectivity index (χ0v) is 21.1. The van der Waals surface area contributed by atoms with E-state index in [1.807, 2.05) is 24.3 Å². The Balaban J connectivity index is 1.93. The largest absolute Gasteiger partial charge is 0.482 e. The number of para-hydroxylation sites is 1. The molecule has 2 aliphatic rings. The van der Waals surface area contributed by atoms with Gasteiger partial charge in [-0.1, -0.05) is 25.0 Å². The van der Waals surface area contributed by atoms with Gasteiger partial charge in [-0.05, 0) is 53.6 Å². The van der Waals surface area contributed by atoms with Gasteiger partial charge in [0.25, 0.3) is 0 Å². The fourth-order valence-corrected chi connectivity index (χ4v) is 5.11. The Morgan fingerprint density at radius 1 is 1.24 bits per heavy atom. The Bertz CT molecular complexity index is 842. The SMILES string of the molecule is COCCC(=O)N(C1CCCC1)[C@@H]1CC(C(=O)NCCO)=C[C@H](Oc2ccccc2I)[C@H]1O. The highest BCUT2D eigenvalue weighted by Crippen LogP contribution is 2.34. The van der Waals surface area contributed by atoms with Crippen molar-refractivity contribution in [2.75, 3.05) is 26.9 Å². The maximum atomic E-state index is 13.2. The van der Waals surface area contributed by atoms with Crippen LogP contribution in [0.5, 0.6) is 5.75 Å². The third kappa shape index (κ3) is 6.68. The van der Waals surface area contributed by atoms with Gasteiger partial charge in [0.1, 0.15) is 18.0 Å². The van der Waals surface area contributed by atoms with Gasteiger partial charge in [0.15, 0.2) is 0 Å². The van der Waals surface area contributed by atoms with Crippen molar-refractivity contribution < 1.29 is 29.3 Å². The molecule has 0 spiro atoms. The molecule has 3 rings (SSSR count). The van der Waals surface area contributed by atoms with Crippen molar-refractivity contribution in [1.29, 1.82) is 0 Å². The normalized spacial score (nSPS) is 23.2. The topological polar surface area (TPSA) is 108 Å². The maximum absolute atomic E-state index is 13.2. The molecular formula is C24H33IN2O6. The Labute approximate surface area is 208 Å². The number of carbonyl (C=O) groups is 2. The molecule has 0 unspecified atom stereocenters. The molecule has 8 nitrogen and oxygen atoms in total. The fourth-order valence-electron chi connectivity index (χ4n) is 4.60. The van der Waals surface area contributed by atoms with Crippen molar-refractivity contribution in [3.8, 4) is 5.75 Å². The summed E-state index contributed by atoms with van der Waals surface area (Å²) in [5, 5.41) is 23.2.